The van der Waals surface area contributed by atoms with Gasteiger partial charge in [0.05, 0.1) is 23.2 Å². The first kappa shape index (κ1) is 21.5. The fourth-order valence-corrected chi connectivity index (χ4v) is 4.98. The third-order valence-corrected chi connectivity index (χ3v) is 7.06. The minimum Gasteiger partial charge on any atom is -0.389 e. The summed E-state index contributed by atoms with van der Waals surface area (Å²) in [5.74, 6) is -0.262. The fourth-order valence-electron chi connectivity index (χ4n) is 4.98. The molecule has 1 N–H and O–H groups in total. The van der Waals surface area contributed by atoms with Gasteiger partial charge in [0.2, 0.25) is 0 Å². The second kappa shape index (κ2) is 7.76. The number of aromatic nitrogens is 2. The molecule has 0 saturated carbocycles. The maximum atomic E-state index is 13.3. The molecule has 0 saturated heterocycles. The summed E-state index contributed by atoms with van der Waals surface area (Å²) < 4.78 is 15.2. The average Bonchev–Trinajstić information content (AvgIpc) is 3.17. The lowest BCUT2D eigenvalue weighted by molar-refractivity contribution is -0.0744. The molecular formula is C27H31FN2O. The second-order valence-corrected chi connectivity index (χ2v) is 9.68. The summed E-state index contributed by atoms with van der Waals surface area (Å²) in [6.45, 7) is 8.62. The first-order chi connectivity index (χ1) is 14.7. The molecule has 3 aromatic rings. The first-order valence-electron chi connectivity index (χ1n) is 11.0. The normalized spacial score (nSPS) is 20.3. The van der Waals surface area contributed by atoms with Crippen molar-refractivity contribution in [3.8, 4) is 5.69 Å². The van der Waals surface area contributed by atoms with Crippen molar-refractivity contribution in [1.82, 2.24) is 9.78 Å². The Hall–Kier alpha value is -2.72. The van der Waals surface area contributed by atoms with Crippen molar-refractivity contribution < 1.29 is 9.50 Å². The molecule has 162 valence electrons. The predicted molar refractivity (Wildman–Crippen MR) is 124 cm³/mol. The SMILES string of the molecule is CCC(O)(CC(C)(C)c1ccccc1)C1(C)C=Cc2c(cnn2-c2ccc(F)cc2)C1. The van der Waals surface area contributed by atoms with Crippen molar-refractivity contribution in [1.29, 1.82) is 0 Å². The van der Waals surface area contributed by atoms with Gasteiger partial charge in [0, 0.05) is 5.41 Å². The van der Waals surface area contributed by atoms with Crippen molar-refractivity contribution in [2.24, 2.45) is 5.41 Å². The Labute approximate surface area is 184 Å². The van der Waals surface area contributed by atoms with E-state index < -0.39 is 11.0 Å². The van der Waals surface area contributed by atoms with Gasteiger partial charge in [-0.1, -0.05) is 64.1 Å². The van der Waals surface area contributed by atoms with Crippen LogP contribution >= 0.6 is 0 Å². The lowest BCUT2D eigenvalue weighted by Gasteiger charge is -2.48. The number of hydrogen-bond acceptors (Lipinski definition) is 2. The van der Waals surface area contributed by atoms with Gasteiger partial charge in [-0.15, -0.1) is 0 Å². The Kier molecular flexibility index (Phi) is 5.38. The van der Waals surface area contributed by atoms with E-state index in [1.165, 1.54) is 17.7 Å². The van der Waals surface area contributed by atoms with Gasteiger partial charge < -0.3 is 5.11 Å². The van der Waals surface area contributed by atoms with E-state index in [4.69, 9.17) is 0 Å². The van der Waals surface area contributed by atoms with Crippen LogP contribution in [0.3, 0.4) is 0 Å². The molecule has 1 aliphatic rings. The Morgan fingerprint density at radius 2 is 1.77 bits per heavy atom. The summed E-state index contributed by atoms with van der Waals surface area (Å²) >= 11 is 0. The Morgan fingerprint density at radius 3 is 2.42 bits per heavy atom. The summed E-state index contributed by atoms with van der Waals surface area (Å²) in [6, 6.07) is 16.8. The van der Waals surface area contributed by atoms with E-state index in [1.54, 1.807) is 12.1 Å². The van der Waals surface area contributed by atoms with Crippen molar-refractivity contribution in [3.05, 3.63) is 89.5 Å². The molecule has 0 fully saturated rings. The van der Waals surface area contributed by atoms with E-state index in [0.29, 0.717) is 19.3 Å². The van der Waals surface area contributed by atoms with Gasteiger partial charge in [-0.2, -0.15) is 5.10 Å². The molecule has 2 atom stereocenters. The summed E-state index contributed by atoms with van der Waals surface area (Å²) in [6.07, 6.45) is 8.09. The van der Waals surface area contributed by atoms with Crippen molar-refractivity contribution in [2.45, 2.75) is 58.0 Å². The second-order valence-electron chi connectivity index (χ2n) is 9.68. The van der Waals surface area contributed by atoms with Crippen LogP contribution in [0.1, 0.15) is 57.4 Å². The molecule has 2 unspecified atom stereocenters. The van der Waals surface area contributed by atoms with Crippen LogP contribution in [0.5, 0.6) is 0 Å². The Balaban J connectivity index is 1.65. The van der Waals surface area contributed by atoms with Crippen LogP contribution in [0, 0.1) is 11.2 Å². The Bertz CT molecular complexity index is 1080. The van der Waals surface area contributed by atoms with Gasteiger partial charge in [0.25, 0.3) is 0 Å². The third-order valence-electron chi connectivity index (χ3n) is 7.06. The molecule has 4 heteroatoms. The largest absolute Gasteiger partial charge is 0.389 e. The van der Waals surface area contributed by atoms with Crippen molar-refractivity contribution in [2.75, 3.05) is 0 Å². The summed E-state index contributed by atoms with van der Waals surface area (Å²) in [5.41, 5.74) is 2.68. The van der Waals surface area contributed by atoms with Crippen LogP contribution in [0.15, 0.2) is 66.9 Å². The summed E-state index contributed by atoms with van der Waals surface area (Å²) in [5, 5.41) is 16.5. The molecule has 3 nitrogen and oxygen atoms in total. The average molecular weight is 419 g/mol. The minimum atomic E-state index is -0.876. The highest BCUT2D eigenvalue weighted by molar-refractivity contribution is 5.57. The maximum Gasteiger partial charge on any atom is 0.123 e. The van der Waals surface area contributed by atoms with Crippen LogP contribution < -0.4 is 0 Å². The standard InChI is InChI=1S/C27H31FN2O/c1-5-27(31,19-25(2,3)21-9-7-6-8-10-21)26(4)16-15-24-20(17-26)18-29-30(24)23-13-11-22(28)12-14-23/h6-16,18,31H,5,17,19H2,1-4H3. The van der Waals surface area contributed by atoms with Gasteiger partial charge in [-0.25, -0.2) is 9.07 Å². The number of nitrogens with zero attached hydrogens (tertiary/aromatic N) is 2. The zero-order valence-electron chi connectivity index (χ0n) is 18.8. The highest BCUT2D eigenvalue weighted by Gasteiger charge is 2.48. The molecule has 1 heterocycles. The molecule has 0 amide bonds. The zero-order chi connectivity index (χ0) is 22.3. The number of benzene rings is 2. The summed E-state index contributed by atoms with van der Waals surface area (Å²) in [7, 11) is 0. The lowest BCUT2D eigenvalue weighted by Crippen LogP contribution is -2.50. The fraction of sp³-hybridized carbons (Fsp3) is 0.370. The molecule has 0 aliphatic heterocycles. The van der Waals surface area contributed by atoms with E-state index in [1.807, 2.05) is 16.9 Å². The maximum absolute atomic E-state index is 13.3. The van der Waals surface area contributed by atoms with Gasteiger partial charge in [0.15, 0.2) is 0 Å². The predicted octanol–water partition coefficient (Wildman–Crippen LogP) is 6.10. The zero-order valence-corrected chi connectivity index (χ0v) is 18.8. The van der Waals surface area contributed by atoms with Gasteiger partial charge >= 0.3 is 0 Å². The number of aliphatic hydroxyl groups is 1. The molecule has 1 aliphatic carbocycles. The van der Waals surface area contributed by atoms with Crippen LogP contribution in [0.4, 0.5) is 4.39 Å². The number of hydrogen-bond donors (Lipinski definition) is 1. The minimum absolute atomic E-state index is 0.165. The highest BCUT2D eigenvalue weighted by Crippen LogP contribution is 2.48. The monoisotopic (exact) mass is 418 g/mol. The number of fused-ring (bicyclic) bond motifs is 1. The Morgan fingerprint density at radius 1 is 1.10 bits per heavy atom. The highest BCUT2D eigenvalue weighted by atomic mass is 19.1. The van der Waals surface area contributed by atoms with Crippen molar-refractivity contribution >= 4 is 6.08 Å². The molecule has 2 aromatic carbocycles. The van der Waals surface area contributed by atoms with Crippen LogP contribution in [0.25, 0.3) is 11.8 Å². The smallest absolute Gasteiger partial charge is 0.123 e. The molecule has 1 aromatic heterocycles. The first-order valence-corrected chi connectivity index (χ1v) is 11.0. The van der Waals surface area contributed by atoms with Crippen LogP contribution in [-0.2, 0) is 11.8 Å². The molecule has 0 bridgehead atoms. The molecule has 4 rings (SSSR count). The van der Waals surface area contributed by atoms with Crippen LogP contribution in [0.2, 0.25) is 0 Å². The topological polar surface area (TPSA) is 38.1 Å². The molecular weight excluding hydrogens is 387 g/mol. The summed E-state index contributed by atoms with van der Waals surface area (Å²) in [4.78, 5) is 0. The van der Waals surface area contributed by atoms with Gasteiger partial charge in [0.1, 0.15) is 5.82 Å². The van der Waals surface area contributed by atoms with E-state index in [-0.39, 0.29) is 11.2 Å². The number of halogens is 1. The lowest BCUT2D eigenvalue weighted by atomic mass is 9.60. The quantitative estimate of drug-likeness (QED) is 0.525. The molecule has 0 radical (unpaired) electrons. The van der Waals surface area contributed by atoms with E-state index in [9.17, 15) is 9.50 Å². The van der Waals surface area contributed by atoms with Gasteiger partial charge in [-0.3, -0.25) is 0 Å². The molecule has 31 heavy (non-hydrogen) atoms. The van der Waals surface area contributed by atoms with Gasteiger partial charge in [-0.05, 0) is 66.1 Å². The van der Waals surface area contributed by atoms with E-state index in [0.717, 1.165) is 16.9 Å². The van der Waals surface area contributed by atoms with E-state index in [2.05, 4.69) is 69.2 Å². The van der Waals surface area contributed by atoms with Crippen LogP contribution in [-0.4, -0.2) is 20.5 Å². The molecule has 0 spiro atoms. The third kappa shape index (κ3) is 3.85. The van der Waals surface area contributed by atoms with E-state index >= 15 is 0 Å². The van der Waals surface area contributed by atoms with Crippen molar-refractivity contribution in [3.63, 3.8) is 0 Å². The number of rotatable bonds is 6.